The van der Waals surface area contributed by atoms with Gasteiger partial charge in [-0.15, -0.1) is 0 Å². The van der Waals surface area contributed by atoms with Crippen LogP contribution in [0.3, 0.4) is 0 Å². The lowest BCUT2D eigenvalue weighted by molar-refractivity contribution is 0.0946. The van der Waals surface area contributed by atoms with Crippen molar-refractivity contribution in [2.75, 3.05) is 4.90 Å². The minimum absolute atomic E-state index is 0.201. The SMILES string of the molecule is O=C(NCc1ccncc1)c1ccc(N(Cc2ccccc2)c2ccccc2)cn1. The third-order valence-electron chi connectivity index (χ3n) is 4.75. The fourth-order valence-electron chi connectivity index (χ4n) is 3.16. The van der Waals surface area contributed by atoms with E-state index in [1.165, 1.54) is 5.56 Å². The highest BCUT2D eigenvalue weighted by atomic mass is 16.1. The second kappa shape index (κ2) is 9.47. The molecule has 0 unspecified atom stereocenters. The Morgan fingerprint density at radius 2 is 1.47 bits per heavy atom. The molecule has 2 aromatic carbocycles. The van der Waals surface area contributed by atoms with Crippen molar-refractivity contribution in [3.05, 3.63) is 120 Å². The van der Waals surface area contributed by atoms with Crippen LogP contribution in [0.1, 0.15) is 21.6 Å². The van der Waals surface area contributed by atoms with Crippen molar-refractivity contribution in [2.45, 2.75) is 13.1 Å². The zero-order valence-electron chi connectivity index (χ0n) is 16.5. The maximum Gasteiger partial charge on any atom is 0.270 e. The van der Waals surface area contributed by atoms with Crippen LogP contribution in [0, 0.1) is 0 Å². The van der Waals surface area contributed by atoms with Gasteiger partial charge in [-0.2, -0.15) is 0 Å². The van der Waals surface area contributed by atoms with Crippen LogP contribution in [0.15, 0.2) is 104 Å². The van der Waals surface area contributed by atoms with Crippen molar-refractivity contribution < 1.29 is 4.79 Å². The zero-order valence-corrected chi connectivity index (χ0v) is 16.5. The molecule has 0 aliphatic heterocycles. The summed E-state index contributed by atoms with van der Waals surface area (Å²) in [5, 5.41) is 2.89. The molecule has 1 N–H and O–H groups in total. The molecule has 0 aliphatic carbocycles. The maximum absolute atomic E-state index is 12.5. The smallest absolute Gasteiger partial charge is 0.270 e. The molecule has 0 saturated carbocycles. The van der Waals surface area contributed by atoms with E-state index in [-0.39, 0.29) is 5.91 Å². The van der Waals surface area contributed by atoms with E-state index in [9.17, 15) is 4.79 Å². The number of rotatable bonds is 7. The number of nitrogens with one attached hydrogen (secondary N) is 1. The Labute approximate surface area is 176 Å². The highest BCUT2D eigenvalue weighted by Gasteiger charge is 2.13. The highest BCUT2D eigenvalue weighted by molar-refractivity contribution is 5.92. The zero-order chi connectivity index (χ0) is 20.6. The Kier molecular flexibility index (Phi) is 6.11. The van der Waals surface area contributed by atoms with Gasteiger partial charge < -0.3 is 10.2 Å². The van der Waals surface area contributed by atoms with E-state index in [1.54, 1.807) is 24.7 Å². The molecule has 30 heavy (non-hydrogen) atoms. The largest absolute Gasteiger partial charge is 0.347 e. The second-order valence-electron chi connectivity index (χ2n) is 6.85. The quantitative estimate of drug-likeness (QED) is 0.492. The van der Waals surface area contributed by atoms with Gasteiger partial charge in [-0.1, -0.05) is 48.5 Å². The average molecular weight is 394 g/mol. The molecule has 4 rings (SSSR count). The lowest BCUT2D eigenvalue weighted by atomic mass is 10.1. The first kappa shape index (κ1) is 19.3. The molecular formula is C25H22N4O. The van der Waals surface area contributed by atoms with Crippen LogP contribution < -0.4 is 10.2 Å². The molecule has 0 radical (unpaired) electrons. The van der Waals surface area contributed by atoms with Gasteiger partial charge in [0.15, 0.2) is 0 Å². The number of benzene rings is 2. The van der Waals surface area contributed by atoms with E-state index in [1.807, 2.05) is 54.6 Å². The monoisotopic (exact) mass is 394 g/mol. The Morgan fingerprint density at radius 1 is 0.767 bits per heavy atom. The van der Waals surface area contributed by atoms with Gasteiger partial charge in [0.25, 0.3) is 5.91 Å². The van der Waals surface area contributed by atoms with Crippen molar-refractivity contribution in [1.82, 2.24) is 15.3 Å². The summed E-state index contributed by atoms with van der Waals surface area (Å²) in [4.78, 5) is 23.0. The van der Waals surface area contributed by atoms with E-state index in [0.717, 1.165) is 16.9 Å². The van der Waals surface area contributed by atoms with Gasteiger partial charge in [0.2, 0.25) is 0 Å². The third kappa shape index (κ3) is 4.89. The van der Waals surface area contributed by atoms with Crippen LogP contribution in [0.4, 0.5) is 11.4 Å². The van der Waals surface area contributed by atoms with E-state index >= 15 is 0 Å². The number of pyridine rings is 2. The number of hydrogen-bond acceptors (Lipinski definition) is 4. The molecule has 0 bridgehead atoms. The number of carbonyl (C=O) groups is 1. The summed E-state index contributed by atoms with van der Waals surface area (Å²) in [5.74, 6) is -0.201. The van der Waals surface area contributed by atoms with E-state index < -0.39 is 0 Å². The highest BCUT2D eigenvalue weighted by Crippen LogP contribution is 2.27. The normalized spacial score (nSPS) is 10.4. The van der Waals surface area contributed by atoms with Gasteiger partial charge in [0, 0.05) is 31.2 Å². The lowest BCUT2D eigenvalue weighted by Gasteiger charge is -2.25. The maximum atomic E-state index is 12.5. The Morgan fingerprint density at radius 3 is 2.13 bits per heavy atom. The fraction of sp³-hybridized carbons (Fsp3) is 0.0800. The third-order valence-corrected chi connectivity index (χ3v) is 4.75. The van der Waals surface area contributed by atoms with E-state index in [4.69, 9.17) is 0 Å². The van der Waals surface area contributed by atoms with Crippen LogP contribution in [-0.4, -0.2) is 15.9 Å². The summed E-state index contributed by atoms with van der Waals surface area (Å²) in [7, 11) is 0. The van der Waals surface area contributed by atoms with Crippen LogP contribution in [0.5, 0.6) is 0 Å². The van der Waals surface area contributed by atoms with Crippen LogP contribution in [0.25, 0.3) is 0 Å². The van der Waals surface area contributed by atoms with Crippen LogP contribution >= 0.6 is 0 Å². The average Bonchev–Trinajstić information content (AvgIpc) is 2.83. The summed E-state index contributed by atoms with van der Waals surface area (Å²) in [6, 6.07) is 27.9. The van der Waals surface area contributed by atoms with Crippen molar-refractivity contribution in [3.8, 4) is 0 Å². The van der Waals surface area contributed by atoms with Crippen molar-refractivity contribution in [3.63, 3.8) is 0 Å². The number of nitrogens with zero attached hydrogens (tertiary/aromatic N) is 3. The molecule has 0 fully saturated rings. The predicted octanol–water partition coefficient (Wildman–Crippen LogP) is 4.74. The minimum atomic E-state index is -0.201. The van der Waals surface area contributed by atoms with Gasteiger partial charge in [-0.05, 0) is 47.5 Å². The van der Waals surface area contributed by atoms with Gasteiger partial charge >= 0.3 is 0 Å². The van der Waals surface area contributed by atoms with Gasteiger partial charge in [0.1, 0.15) is 5.69 Å². The summed E-state index contributed by atoms with van der Waals surface area (Å²) in [5.41, 5.74) is 4.57. The van der Waals surface area contributed by atoms with Crippen molar-refractivity contribution >= 4 is 17.3 Å². The lowest BCUT2D eigenvalue weighted by Crippen LogP contribution is -2.24. The predicted molar refractivity (Wildman–Crippen MR) is 118 cm³/mol. The summed E-state index contributed by atoms with van der Waals surface area (Å²) < 4.78 is 0. The van der Waals surface area contributed by atoms with Crippen LogP contribution in [0.2, 0.25) is 0 Å². The molecule has 1 amide bonds. The van der Waals surface area contributed by atoms with Gasteiger partial charge in [-0.3, -0.25) is 9.78 Å². The second-order valence-corrected chi connectivity index (χ2v) is 6.85. The first-order valence-corrected chi connectivity index (χ1v) is 9.79. The molecule has 0 spiro atoms. The molecule has 0 atom stereocenters. The van der Waals surface area contributed by atoms with Crippen LogP contribution in [-0.2, 0) is 13.1 Å². The van der Waals surface area contributed by atoms with Crippen molar-refractivity contribution in [1.29, 1.82) is 0 Å². The number of anilines is 2. The number of carbonyl (C=O) groups excluding carboxylic acids is 1. The molecule has 148 valence electrons. The van der Waals surface area contributed by atoms with E-state index in [2.05, 4.69) is 44.5 Å². The first-order chi connectivity index (χ1) is 14.8. The molecule has 2 heterocycles. The number of aromatic nitrogens is 2. The topological polar surface area (TPSA) is 58.1 Å². The van der Waals surface area contributed by atoms with Crippen molar-refractivity contribution in [2.24, 2.45) is 0 Å². The van der Waals surface area contributed by atoms with Gasteiger partial charge in [0.05, 0.1) is 11.9 Å². The molecule has 4 aromatic rings. The molecular weight excluding hydrogens is 372 g/mol. The molecule has 5 nitrogen and oxygen atoms in total. The Bertz CT molecular complexity index is 1070. The molecule has 0 saturated heterocycles. The Balaban J connectivity index is 1.51. The van der Waals surface area contributed by atoms with E-state index in [0.29, 0.717) is 18.8 Å². The standard InChI is InChI=1S/C25H22N4O/c30-25(28-17-20-13-15-26-16-14-20)24-12-11-23(18-27-24)29(22-9-5-2-6-10-22)19-21-7-3-1-4-8-21/h1-16,18H,17,19H2,(H,28,30). The number of para-hydroxylation sites is 1. The number of amides is 1. The molecule has 2 aromatic heterocycles. The number of hydrogen-bond donors (Lipinski definition) is 1. The molecule has 0 aliphatic rings. The Hall–Kier alpha value is -3.99. The first-order valence-electron chi connectivity index (χ1n) is 9.79. The summed E-state index contributed by atoms with van der Waals surface area (Å²) >= 11 is 0. The minimum Gasteiger partial charge on any atom is -0.347 e. The fourth-order valence-corrected chi connectivity index (χ4v) is 3.16. The van der Waals surface area contributed by atoms with Gasteiger partial charge in [-0.25, -0.2) is 4.98 Å². The summed E-state index contributed by atoms with van der Waals surface area (Å²) in [6.45, 7) is 1.15. The summed E-state index contributed by atoms with van der Waals surface area (Å²) in [6.07, 6.45) is 5.16. The molecule has 5 heteroatoms.